The summed E-state index contributed by atoms with van der Waals surface area (Å²) in [6.45, 7) is 1.69. The summed E-state index contributed by atoms with van der Waals surface area (Å²) in [4.78, 5) is 101. The summed E-state index contributed by atoms with van der Waals surface area (Å²) >= 11 is 0. The number of carboxylic acid groups (broad SMARTS) is 2. The second kappa shape index (κ2) is 23.4. The lowest BCUT2D eigenvalue weighted by atomic mass is 10.0. The minimum absolute atomic E-state index is 0.0323. The van der Waals surface area contributed by atoms with Crippen LogP contribution in [0.1, 0.15) is 45.6 Å². The molecule has 0 aliphatic carbocycles. The Hall–Kier alpha value is -5.22. The van der Waals surface area contributed by atoms with Crippen LogP contribution in [0.3, 0.4) is 0 Å². The molecule has 0 aliphatic heterocycles. The number of aliphatic carboxylic acids is 2. The fourth-order valence-corrected chi connectivity index (χ4v) is 4.80. The third kappa shape index (κ3) is 16.2. The largest absolute Gasteiger partial charge is 0.481 e. The quantitative estimate of drug-likeness (QED) is 0.0467. The van der Waals surface area contributed by atoms with Crippen LogP contribution >= 0.6 is 0 Å². The van der Waals surface area contributed by atoms with Gasteiger partial charge in [-0.15, -0.1) is 0 Å². The van der Waals surface area contributed by atoms with Gasteiger partial charge in [-0.1, -0.05) is 44.2 Å². The Kier molecular flexibility index (Phi) is 20.3. The maximum Gasteiger partial charge on any atom is 0.328 e. The van der Waals surface area contributed by atoms with E-state index in [-0.39, 0.29) is 18.8 Å². The highest BCUT2D eigenvalue weighted by Gasteiger charge is 2.34. The van der Waals surface area contributed by atoms with E-state index in [1.165, 1.54) is 6.92 Å². The average molecular weight is 770 g/mol. The molecular formula is C33H51N7O14. The molecule has 21 nitrogen and oxygen atoms in total. The fraction of sp³-hybridized carbons (Fsp3) is 0.576. The van der Waals surface area contributed by atoms with Gasteiger partial charge < -0.3 is 68.3 Å². The summed E-state index contributed by atoms with van der Waals surface area (Å²) in [6, 6.07) is -3.12. The average Bonchev–Trinajstić information content (AvgIpc) is 3.11. The zero-order valence-corrected chi connectivity index (χ0v) is 30.1. The Balaban J connectivity index is 3.21. The second-order valence-corrected chi connectivity index (χ2v) is 12.8. The van der Waals surface area contributed by atoms with Crippen LogP contribution in [-0.2, 0) is 44.8 Å². The monoisotopic (exact) mass is 769 g/mol. The number of aliphatic hydroxyl groups excluding tert-OH is 4. The molecule has 1 aromatic carbocycles. The fourth-order valence-electron chi connectivity index (χ4n) is 4.80. The molecule has 0 radical (unpaired) electrons. The van der Waals surface area contributed by atoms with Crippen molar-refractivity contribution < 1.29 is 69.0 Å². The van der Waals surface area contributed by atoms with Crippen molar-refractivity contribution in [3.05, 3.63) is 35.9 Å². The van der Waals surface area contributed by atoms with Gasteiger partial charge in [-0.25, -0.2) is 4.79 Å². The Morgan fingerprint density at radius 2 is 1.06 bits per heavy atom. The number of rotatable bonds is 24. The van der Waals surface area contributed by atoms with E-state index in [0.717, 1.165) is 0 Å². The third-order valence-electron chi connectivity index (χ3n) is 7.75. The predicted octanol–water partition coefficient (Wildman–Crippen LogP) is -5.18. The standard InChI is InChI=1S/C33H51N7O14/c1-16(2)11-19(34)27(47)40-26(17(3)44)32(52)38-23(14-42)31(51)37-22(13-41)30(50)36-21(12-18-7-5-4-6-8-18)29(49)35-20(9-10-25(45)46)28(48)39-24(15-43)33(53)54/h4-8,16-17,19-24,26,41-44H,9-15,34H2,1-3H3,(H,35,49)(H,36,50)(H,37,51)(H,38,52)(H,39,48)(H,40,47)(H,45,46)(H,53,54)/t17-,19+,20+,21+,22+,23+,24+,26+/m1/s1. The number of benzene rings is 1. The maximum atomic E-state index is 13.5. The van der Waals surface area contributed by atoms with E-state index in [1.54, 1.807) is 30.3 Å². The molecule has 8 atom stereocenters. The Labute approximate surface area is 310 Å². The van der Waals surface area contributed by atoms with E-state index in [0.29, 0.717) is 5.56 Å². The first kappa shape index (κ1) is 46.8. The number of aliphatic hydroxyl groups is 4. The summed E-state index contributed by atoms with van der Waals surface area (Å²) < 4.78 is 0. The van der Waals surface area contributed by atoms with Crippen LogP contribution in [0.5, 0.6) is 0 Å². The van der Waals surface area contributed by atoms with E-state index in [2.05, 4.69) is 26.6 Å². The number of amides is 6. The summed E-state index contributed by atoms with van der Waals surface area (Å²) in [5, 5.41) is 70.8. The van der Waals surface area contributed by atoms with Crippen LogP contribution in [0.2, 0.25) is 0 Å². The number of carbonyl (C=O) groups excluding carboxylic acids is 6. The minimum atomic E-state index is -1.80. The molecule has 0 unspecified atom stereocenters. The van der Waals surface area contributed by atoms with E-state index < -0.39 is 128 Å². The first-order chi connectivity index (χ1) is 25.3. The van der Waals surface area contributed by atoms with Gasteiger partial charge in [-0.2, -0.15) is 0 Å². The molecule has 0 bridgehead atoms. The van der Waals surface area contributed by atoms with Crippen molar-refractivity contribution in [1.29, 1.82) is 0 Å². The van der Waals surface area contributed by atoms with E-state index in [9.17, 15) is 63.9 Å². The van der Waals surface area contributed by atoms with Gasteiger partial charge in [0.05, 0.1) is 32.0 Å². The molecule has 54 heavy (non-hydrogen) atoms. The second-order valence-electron chi connectivity index (χ2n) is 12.8. The van der Waals surface area contributed by atoms with Crippen molar-refractivity contribution in [1.82, 2.24) is 31.9 Å². The topological polar surface area (TPSA) is 356 Å². The highest BCUT2D eigenvalue weighted by molar-refractivity contribution is 5.97. The molecule has 14 N–H and O–H groups in total. The van der Waals surface area contributed by atoms with Crippen LogP contribution < -0.4 is 37.6 Å². The molecule has 0 saturated carbocycles. The van der Waals surface area contributed by atoms with Crippen LogP contribution in [0.4, 0.5) is 0 Å². The van der Waals surface area contributed by atoms with Crippen LogP contribution in [0, 0.1) is 5.92 Å². The third-order valence-corrected chi connectivity index (χ3v) is 7.75. The lowest BCUT2D eigenvalue weighted by molar-refractivity contribution is -0.144. The number of carboxylic acids is 2. The molecule has 21 heteroatoms. The zero-order valence-electron chi connectivity index (χ0n) is 30.1. The van der Waals surface area contributed by atoms with Gasteiger partial charge in [0, 0.05) is 12.8 Å². The molecule has 6 amide bonds. The van der Waals surface area contributed by atoms with E-state index in [1.807, 2.05) is 19.2 Å². The van der Waals surface area contributed by atoms with Crippen molar-refractivity contribution in [2.45, 2.75) is 94.9 Å². The molecule has 0 aromatic heterocycles. The van der Waals surface area contributed by atoms with Gasteiger partial charge in [0.25, 0.3) is 0 Å². The first-order valence-electron chi connectivity index (χ1n) is 16.9. The van der Waals surface area contributed by atoms with Crippen LogP contribution in [0.15, 0.2) is 30.3 Å². The number of nitrogens with one attached hydrogen (secondary N) is 6. The maximum absolute atomic E-state index is 13.5. The Morgan fingerprint density at radius 1 is 0.611 bits per heavy atom. The minimum Gasteiger partial charge on any atom is -0.481 e. The van der Waals surface area contributed by atoms with Crippen molar-refractivity contribution >= 4 is 47.4 Å². The summed E-state index contributed by atoms with van der Waals surface area (Å²) in [7, 11) is 0. The molecular weight excluding hydrogens is 718 g/mol. The molecule has 0 heterocycles. The van der Waals surface area contributed by atoms with Crippen molar-refractivity contribution in [3.8, 4) is 0 Å². The Morgan fingerprint density at radius 3 is 1.52 bits per heavy atom. The smallest absolute Gasteiger partial charge is 0.328 e. The van der Waals surface area contributed by atoms with Crippen LogP contribution in [-0.4, -0.2) is 146 Å². The normalized spacial score (nSPS) is 15.5. The Bertz CT molecular complexity index is 1450. The van der Waals surface area contributed by atoms with Gasteiger partial charge >= 0.3 is 11.9 Å². The molecule has 0 fully saturated rings. The summed E-state index contributed by atoms with van der Waals surface area (Å²) in [6.07, 6.45) is -2.63. The number of hydrogen-bond acceptors (Lipinski definition) is 13. The molecule has 0 spiro atoms. The lowest BCUT2D eigenvalue weighted by Gasteiger charge is -2.27. The molecule has 302 valence electrons. The van der Waals surface area contributed by atoms with Gasteiger partial charge in [-0.05, 0) is 31.2 Å². The summed E-state index contributed by atoms with van der Waals surface area (Å²) in [5.74, 6) is -9.35. The van der Waals surface area contributed by atoms with Gasteiger partial charge in [0.1, 0.15) is 36.3 Å². The van der Waals surface area contributed by atoms with Crippen molar-refractivity contribution in [2.75, 3.05) is 19.8 Å². The van der Waals surface area contributed by atoms with Gasteiger partial charge in [0.2, 0.25) is 35.4 Å². The SMILES string of the molecule is CC(C)C[C@H](N)C(=O)N[C@H](C(=O)N[C@@H](CO)C(=O)N[C@@H](CO)C(=O)N[C@@H](Cc1ccccc1)C(=O)N[C@@H](CCC(=O)O)C(=O)N[C@@H](CO)C(=O)O)[C@@H](C)O. The number of nitrogens with two attached hydrogens (primary N) is 1. The molecule has 1 rings (SSSR count). The van der Waals surface area contributed by atoms with Gasteiger partial charge in [0.15, 0.2) is 0 Å². The van der Waals surface area contributed by atoms with Crippen LogP contribution in [0.25, 0.3) is 0 Å². The molecule has 1 aromatic rings. The van der Waals surface area contributed by atoms with Crippen molar-refractivity contribution in [2.24, 2.45) is 11.7 Å². The lowest BCUT2D eigenvalue weighted by Crippen LogP contribution is -2.62. The zero-order chi connectivity index (χ0) is 41.1. The summed E-state index contributed by atoms with van der Waals surface area (Å²) in [5.41, 5.74) is 6.33. The van der Waals surface area contributed by atoms with Gasteiger partial charge in [-0.3, -0.25) is 33.6 Å². The number of carbonyl (C=O) groups is 8. The van der Waals surface area contributed by atoms with Crippen molar-refractivity contribution in [3.63, 3.8) is 0 Å². The molecule has 0 aliphatic rings. The highest BCUT2D eigenvalue weighted by atomic mass is 16.4. The number of hydrogen-bond donors (Lipinski definition) is 13. The highest BCUT2D eigenvalue weighted by Crippen LogP contribution is 2.08. The predicted molar refractivity (Wildman–Crippen MR) is 187 cm³/mol. The van der Waals surface area contributed by atoms with E-state index in [4.69, 9.17) is 10.8 Å². The molecule has 0 saturated heterocycles. The van der Waals surface area contributed by atoms with E-state index >= 15 is 0 Å². The first-order valence-corrected chi connectivity index (χ1v) is 16.9.